The van der Waals surface area contributed by atoms with Crippen LogP contribution in [0.2, 0.25) is 0 Å². The molecular weight excluding hydrogens is 307 g/mol. The van der Waals surface area contributed by atoms with Gasteiger partial charge in [-0.25, -0.2) is 9.18 Å². The Morgan fingerprint density at radius 2 is 1.83 bits per heavy atom. The second-order valence-corrected chi connectivity index (χ2v) is 7.32. The summed E-state index contributed by atoms with van der Waals surface area (Å²) in [4.78, 5) is 17.3. The van der Waals surface area contributed by atoms with Gasteiger partial charge >= 0.3 is 6.03 Å². The first-order valence-corrected chi connectivity index (χ1v) is 8.82. The number of hydrogen-bond donors (Lipinski definition) is 2. The Kier molecular flexibility index (Phi) is 4.18. The van der Waals surface area contributed by atoms with E-state index in [0.29, 0.717) is 5.92 Å². The Hall–Kier alpha value is -1.66. The van der Waals surface area contributed by atoms with E-state index in [1.54, 1.807) is 0 Å². The van der Waals surface area contributed by atoms with Gasteiger partial charge in [-0.1, -0.05) is 30.3 Å². The van der Waals surface area contributed by atoms with Crippen molar-refractivity contribution < 1.29 is 9.18 Å². The van der Waals surface area contributed by atoms with Gasteiger partial charge in [0, 0.05) is 63.2 Å². The fourth-order valence-electron chi connectivity index (χ4n) is 4.92. The lowest BCUT2D eigenvalue weighted by Gasteiger charge is -2.55. The highest BCUT2D eigenvalue weighted by Gasteiger charge is 2.55. The highest BCUT2D eigenvalue weighted by Crippen LogP contribution is 2.43. The zero-order valence-electron chi connectivity index (χ0n) is 13.9. The summed E-state index contributed by atoms with van der Waals surface area (Å²) < 4.78 is 12.4. The van der Waals surface area contributed by atoms with Crippen LogP contribution in [0, 0.1) is 5.92 Å². The van der Waals surface area contributed by atoms with Gasteiger partial charge in [-0.3, -0.25) is 0 Å². The fourth-order valence-corrected chi connectivity index (χ4v) is 4.92. The monoisotopic (exact) mass is 332 g/mol. The molecule has 0 saturated carbocycles. The van der Waals surface area contributed by atoms with Crippen molar-refractivity contribution in [2.24, 2.45) is 5.92 Å². The van der Waals surface area contributed by atoms with Crippen LogP contribution < -0.4 is 10.6 Å². The molecule has 4 bridgehead atoms. The summed E-state index contributed by atoms with van der Waals surface area (Å²) in [7, 11) is 0. The normalized spacial score (nSPS) is 37.0. The van der Waals surface area contributed by atoms with Gasteiger partial charge in [0.15, 0.2) is 0 Å². The molecule has 1 aromatic carbocycles. The zero-order chi connectivity index (χ0) is 16.6. The van der Waals surface area contributed by atoms with E-state index in [2.05, 4.69) is 44.7 Å². The number of urea groups is 1. The molecule has 0 aromatic heterocycles. The van der Waals surface area contributed by atoms with E-state index in [9.17, 15) is 9.18 Å². The maximum Gasteiger partial charge on any atom is 0.315 e. The van der Waals surface area contributed by atoms with Crippen LogP contribution >= 0.6 is 0 Å². The summed E-state index contributed by atoms with van der Waals surface area (Å²) in [6.45, 7) is 5.73. The Morgan fingerprint density at radius 1 is 1.17 bits per heavy atom. The van der Waals surface area contributed by atoms with E-state index in [0.717, 1.165) is 39.3 Å². The fraction of sp³-hybridized carbons (Fsp3) is 0.611. The van der Waals surface area contributed by atoms with E-state index in [1.165, 1.54) is 5.56 Å². The van der Waals surface area contributed by atoms with Gasteiger partial charge in [-0.05, 0) is 5.56 Å². The number of carbonyl (C=O) groups excluding carboxylic acids is 1. The number of fused-ring (bicyclic) bond motifs is 1. The van der Waals surface area contributed by atoms with Crippen molar-refractivity contribution in [2.75, 3.05) is 52.5 Å². The first-order valence-electron chi connectivity index (χ1n) is 8.82. The predicted molar refractivity (Wildman–Crippen MR) is 90.8 cm³/mol. The van der Waals surface area contributed by atoms with E-state index < -0.39 is 6.67 Å². The Morgan fingerprint density at radius 3 is 2.46 bits per heavy atom. The molecule has 24 heavy (non-hydrogen) atoms. The lowest BCUT2D eigenvalue weighted by atomic mass is 9.64. The standard InChI is InChI=1S/C18H25FN4O/c19-6-7-20-17(24)21-16-14-10-22-8-9-23(11-14)13-18(16,12-22)15-4-2-1-3-5-15/h1-5,14,16H,6-13H2,(H2,20,21,24)/t14?,16-,18?/m0/s1. The molecule has 2 N–H and O–H groups in total. The van der Waals surface area contributed by atoms with Crippen LogP contribution in [0.15, 0.2) is 30.3 Å². The third-order valence-corrected chi connectivity index (χ3v) is 5.81. The quantitative estimate of drug-likeness (QED) is 0.858. The number of piperidine rings is 2. The average molecular weight is 332 g/mol. The van der Waals surface area contributed by atoms with Crippen molar-refractivity contribution >= 4 is 6.03 Å². The van der Waals surface area contributed by atoms with Gasteiger partial charge < -0.3 is 20.4 Å². The molecule has 4 aliphatic heterocycles. The molecule has 4 fully saturated rings. The SMILES string of the molecule is O=C(NCCF)N[C@H]1C2CN3CCN(C2)CC1(c1ccccc1)C3. The minimum Gasteiger partial charge on any atom is -0.336 e. The lowest BCUT2D eigenvalue weighted by Crippen LogP contribution is -2.71. The molecule has 3 atom stereocenters. The number of rotatable bonds is 4. The molecule has 6 heteroatoms. The summed E-state index contributed by atoms with van der Waals surface area (Å²) in [6.07, 6.45) is 0. The number of nitrogens with zero attached hydrogens (tertiary/aromatic N) is 2. The molecule has 0 aliphatic carbocycles. The first-order chi connectivity index (χ1) is 11.7. The van der Waals surface area contributed by atoms with Crippen LogP contribution in [0.1, 0.15) is 5.56 Å². The third-order valence-electron chi connectivity index (χ3n) is 5.81. The van der Waals surface area contributed by atoms with Crippen LogP contribution in [0.4, 0.5) is 9.18 Å². The van der Waals surface area contributed by atoms with Gasteiger partial charge in [0.25, 0.3) is 0 Å². The van der Waals surface area contributed by atoms with Crippen molar-refractivity contribution in [1.82, 2.24) is 20.4 Å². The van der Waals surface area contributed by atoms with E-state index >= 15 is 0 Å². The van der Waals surface area contributed by atoms with Gasteiger partial charge in [0.1, 0.15) is 6.67 Å². The topological polar surface area (TPSA) is 47.6 Å². The number of alkyl halides is 1. The van der Waals surface area contributed by atoms with Gasteiger partial charge in [-0.2, -0.15) is 0 Å². The van der Waals surface area contributed by atoms with Crippen molar-refractivity contribution in [3.63, 3.8) is 0 Å². The summed E-state index contributed by atoms with van der Waals surface area (Å²) in [5.74, 6) is 0.409. The van der Waals surface area contributed by atoms with E-state index in [4.69, 9.17) is 0 Å². The first kappa shape index (κ1) is 15.8. The summed E-state index contributed by atoms with van der Waals surface area (Å²) in [6, 6.07) is 10.4. The van der Waals surface area contributed by atoms with Gasteiger partial charge in [-0.15, -0.1) is 0 Å². The second-order valence-electron chi connectivity index (χ2n) is 7.32. The van der Waals surface area contributed by atoms with Crippen molar-refractivity contribution in [2.45, 2.75) is 11.5 Å². The zero-order valence-corrected chi connectivity index (χ0v) is 13.9. The van der Waals surface area contributed by atoms with E-state index in [1.807, 2.05) is 6.07 Å². The molecular formula is C18H25FN4O. The molecule has 4 aliphatic rings. The maximum absolute atomic E-state index is 12.4. The number of carbonyl (C=O) groups is 1. The van der Waals surface area contributed by atoms with Gasteiger partial charge in [0.2, 0.25) is 0 Å². The minimum atomic E-state index is -0.535. The Labute approximate surface area is 142 Å². The average Bonchev–Trinajstić information content (AvgIpc) is 2.85. The number of halogens is 1. The predicted octanol–water partition coefficient (Wildman–Crippen LogP) is 0.823. The molecule has 4 saturated heterocycles. The molecule has 1 aromatic rings. The molecule has 5 rings (SSSR count). The molecule has 2 amide bonds. The highest BCUT2D eigenvalue weighted by molar-refractivity contribution is 5.74. The number of hydrogen-bond acceptors (Lipinski definition) is 3. The smallest absolute Gasteiger partial charge is 0.315 e. The third kappa shape index (κ3) is 2.67. The minimum absolute atomic E-state index is 0.0693. The van der Waals surface area contributed by atoms with E-state index in [-0.39, 0.29) is 24.0 Å². The molecule has 0 radical (unpaired) electrons. The van der Waals surface area contributed by atoms with Crippen molar-refractivity contribution in [3.05, 3.63) is 35.9 Å². The van der Waals surface area contributed by atoms with Crippen LogP contribution in [0.25, 0.3) is 0 Å². The number of nitrogens with one attached hydrogen (secondary N) is 2. The van der Waals surface area contributed by atoms with Gasteiger partial charge in [0.05, 0.1) is 0 Å². The summed E-state index contributed by atoms with van der Waals surface area (Å²) >= 11 is 0. The molecule has 4 heterocycles. The number of benzene rings is 1. The Balaban J connectivity index is 1.67. The largest absolute Gasteiger partial charge is 0.336 e. The maximum atomic E-state index is 12.4. The molecule has 0 spiro atoms. The van der Waals surface area contributed by atoms with Crippen LogP contribution in [0.3, 0.4) is 0 Å². The van der Waals surface area contributed by atoms with Crippen LogP contribution in [0.5, 0.6) is 0 Å². The lowest BCUT2D eigenvalue weighted by molar-refractivity contribution is 0.0230. The van der Waals surface area contributed by atoms with Crippen molar-refractivity contribution in [3.8, 4) is 0 Å². The Bertz CT molecular complexity index is 580. The number of amides is 2. The summed E-state index contributed by atoms with van der Waals surface area (Å²) in [5.41, 5.74) is 1.20. The van der Waals surface area contributed by atoms with Crippen molar-refractivity contribution in [1.29, 1.82) is 0 Å². The molecule has 2 unspecified atom stereocenters. The van der Waals surface area contributed by atoms with Crippen LogP contribution in [-0.4, -0.2) is 74.4 Å². The molecule has 5 nitrogen and oxygen atoms in total. The van der Waals surface area contributed by atoms with Crippen LogP contribution in [-0.2, 0) is 5.41 Å². The highest BCUT2D eigenvalue weighted by atomic mass is 19.1. The summed E-state index contributed by atoms with van der Waals surface area (Å²) in [5, 5.41) is 5.82. The molecule has 130 valence electrons. The second kappa shape index (κ2) is 6.33.